The van der Waals surface area contributed by atoms with Crippen molar-refractivity contribution in [3.63, 3.8) is 0 Å². The molecular weight excluding hydrogens is 344 g/mol. The van der Waals surface area contributed by atoms with Crippen LogP contribution in [-0.2, 0) is 16.0 Å². The highest BCUT2D eigenvalue weighted by molar-refractivity contribution is 6.63. The Bertz CT molecular complexity index is 611. The average molecular weight is 367 g/mol. The number of hydrogen-bond donors (Lipinski definition) is 3. The Morgan fingerprint density at radius 2 is 2.00 bits per heavy atom. The van der Waals surface area contributed by atoms with Gasteiger partial charge in [0.15, 0.2) is 0 Å². The second kappa shape index (κ2) is 9.39. The predicted molar refractivity (Wildman–Crippen MR) is 95.1 cm³/mol. The van der Waals surface area contributed by atoms with Crippen molar-refractivity contribution in [1.29, 1.82) is 0 Å². The third kappa shape index (κ3) is 5.44. The Hall–Kier alpha value is -2.12. The van der Waals surface area contributed by atoms with Crippen molar-refractivity contribution < 1.29 is 14.4 Å². The van der Waals surface area contributed by atoms with E-state index in [9.17, 15) is 14.4 Å². The fourth-order valence-electron chi connectivity index (χ4n) is 3.00. The van der Waals surface area contributed by atoms with Crippen LogP contribution in [0.1, 0.15) is 18.4 Å². The van der Waals surface area contributed by atoms with Gasteiger partial charge in [0, 0.05) is 26.1 Å². The van der Waals surface area contributed by atoms with Crippen LogP contribution in [0.5, 0.6) is 0 Å². The number of rotatable bonds is 7. The Kier molecular flexibility index (Phi) is 7.21. The molecule has 4 N–H and O–H groups in total. The molecule has 1 fully saturated rings. The summed E-state index contributed by atoms with van der Waals surface area (Å²) in [5, 5.41) is 4.41. The van der Waals surface area contributed by atoms with Crippen molar-refractivity contribution in [2.75, 3.05) is 19.6 Å². The van der Waals surface area contributed by atoms with Crippen LogP contribution in [0.15, 0.2) is 30.3 Å². The van der Waals surface area contributed by atoms with E-state index in [1.54, 1.807) is 0 Å². The highest BCUT2D eigenvalue weighted by Crippen LogP contribution is 2.19. The molecule has 2 unspecified atom stereocenters. The number of nitrogens with two attached hydrogens (primary N) is 1. The molecule has 25 heavy (non-hydrogen) atoms. The number of amides is 3. The van der Waals surface area contributed by atoms with Crippen molar-refractivity contribution in [3.05, 3.63) is 35.9 Å². The fourth-order valence-corrected chi connectivity index (χ4v) is 3.13. The van der Waals surface area contributed by atoms with Crippen LogP contribution in [-0.4, -0.2) is 53.8 Å². The molecule has 7 nitrogen and oxygen atoms in total. The number of nitrogens with one attached hydrogen (secondary N) is 2. The minimum atomic E-state index is -0.810. The average Bonchev–Trinajstić information content (AvgIpc) is 3.08. The molecule has 3 amide bonds. The molecule has 1 aromatic carbocycles. The van der Waals surface area contributed by atoms with Crippen molar-refractivity contribution in [3.8, 4) is 0 Å². The largest absolute Gasteiger partial charge is 0.353 e. The standard InChI is InChI=1S/C17H23ClN4O3/c18-17(25)21-13(11-12-5-2-1-3-6-12)16(24)22-10-4-7-14(22)15(23)20-9-8-19/h1-3,5-6,13-14H,4,7-11,19H2,(H,20,23)(H,21,25). The zero-order valence-corrected chi connectivity index (χ0v) is 14.7. The van der Waals surface area contributed by atoms with Crippen LogP contribution in [0.3, 0.4) is 0 Å². The van der Waals surface area contributed by atoms with Gasteiger partial charge in [-0.05, 0) is 30.0 Å². The summed E-state index contributed by atoms with van der Waals surface area (Å²) in [5.41, 5.74) is 6.30. The summed E-state index contributed by atoms with van der Waals surface area (Å²) in [6.45, 7) is 1.18. The third-order valence-corrected chi connectivity index (χ3v) is 4.26. The Labute approximate surface area is 151 Å². The van der Waals surface area contributed by atoms with Crippen molar-refractivity contribution in [2.24, 2.45) is 5.73 Å². The van der Waals surface area contributed by atoms with Gasteiger partial charge in [0.2, 0.25) is 11.8 Å². The van der Waals surface area contributed by atoms with Gasteiger partial charge in [-0.15, -0.1) is 0 Å². The molecule has 1 aliphatic rings. The van der Waals surface area contributed by atoms with Crippen molar-refractivity contribution in [2.45, 2.75) is 31.3 Å². The second-order valence-electron chi connectivity index (χ2n) is 5.93. The number of benzene rings is 1. The zero-order chi connectivity index (χ0) is 18.2. The summed E-state index contributed by atoms with van der Waals surface area (Å²) in [6.07, 6.45) is 1.64. The van der Waals surface area contributed by atoms with E-state index in [4.69, 9.17) is 17.3 Å². The maximum Gasteiger partial charge on any atom is 0.314 e. The molecule has 0 radical (unpaired) electrons. The Morgan fingerprint density at radius 3 is 2.64 bits per heavy atom. The lowest BCUT2D eigenvalue weighted by Crippen LogP contribution is -2.53. The second-order valence-corrected chi connectivity index (χ2v) is 6.27. The van der Waals surface area contributed by atoms with Gasteiger partial charge in [0.05, 0.1) is 0 Å². The molecule has 2 rings (SSSR count). The monoisotopic (exact) mass is 366 g/mol. The molecule has 0 saturated carbocycles. The van der Waals surface area contributed by atoms with E-state index in [2.05, 4.69) is 10.6 Å². The number of carbonyl (C=O) groups excluding carboxylic acids is 3. The van der Waals surface area contributed by atoms with E-state index in [1.807, 2.05) is 30.3 Å². The summed E-state index contributed by atoms with van der Waals surface area (Å²) in [4.78, 5) is 38.0. The molecule has 0 bridgehead atoms. The Morgan fingerprint density at radius 1 is 1.28 bits per heavy atom. The summed E-state index contributed by atoms with van der Waals surface area (Å²) in [5.74, 6) is -0.518. The molecule has 0 spiro atoms. The molecule has 1 saturated heterocycles. The molecule has 2 atom stereocenters. The molecule has 1 heterocycles. The van der Waals surface area contributed by atoms with Gasteiger partial charge in [0.25, 0.3) is 0 Å². The summed E-state index contributed by atoms with van der Waals surface area (Å²) < 4.78 is 0. The van der Waals surface area contributed by atoms with Gasteiger partial charge in [-0.25, -0.2) is 0 Å². The first-order valence-electron chi connectivity index (χ1n) is 8.31. The molecule has 0 aliphatic carbocycles. The van der Waals surface area contributed by atoms with Crippen LogP contribution < -0.4 is 16.4 Å². The smallest absolute Gasteiger partial charge is 0.314 e. The lowest BCUT2D eigenvalue weighted by Gasteiger charge is -2.28. The third-order valence-electron chi connectivity index (χ3n) is 4.15. The first-order valence-corrected chi connectivity index (χ1v) is 8.69. The molecule has 8 heteroatoms. The van der Waals surface area contributed by atoms with Crippen LogP contribution in [0.2, 0.25) is 0 Å². The lowest BCUT2D eigenvalue weighted by molar-refractivity contribution is -0.139. The fraction of sp³-hybridized carbons (Fsp3) is 0.471. The van der Waals surface area contributed by atoms with Crippen LogP contribution in [0, 0.1) is 0 Å². The number of hydrogen-bond acceptors (Lipinski definition) is 4. The van der Waals surface area contributed by atoms with E-state index in [0.717, 1.165) is 12.0 Å². The molecule has 136 valence electrons. The highest BCUT2D eigenvalue weighted by atomic mass is 35.5. The van der Waals surface area contributed by atoms with E-state index >= 15 is 0 Å². The van der Waals surface area contributed by atoms with Gasteiger partial charge in [-0.2, -0.15) is 0 Å². The number of likely N-dealkylation sites (tertiary alicyclic amines) is 1. The molecule has 0 aromatic heterocycles. The SMILES string of the molecule is NCCNC(=O)C1CCCN1C(=O)C(Cc1ccccc1)NC(=O)Cl. The number of nitrogens with zero attached hydrogens (tertiary/aromatic N) is 1. The van der Waals surface area contributed by atoms with Gasteiger partial charge in [-0.3, -0.25) is 14.4 Å². The maximum absolute atomic E-state index is 12.9. The van der Waals surface area contributed by atoms with Crippen LogP contribution in [0.4, 0.5) is 4.79 Å². The van der Waals surface area contributed by atoms with Crippen molar-refractivity contribution in [1.82, 2.24) is 15.5 Å². The number of carbonyl (C=O) groups is 3. The highest BCUT2D eigenvalue weighted by Gasteiger charge is 2.37. The first kappa shape index (κ1) is 19.2. The normalized spacial score (nSPS) is 17.8. The molecule has 1 aromatic rings. The summed E-state index contributed by atoms with van der Waals surface area (Å²) in [6, 6.07) is 7.99. The maximum atomic E-state index is 12.9. The summed E-state index contributed by atoms with van der Waals surface area (Å²) >= 11 is 5.44. The van der Waals surface area contributed by atoms with Crippen LogP contribution in [0.25, 0.3) is 0 Å². The Balaban J connectivity index is 2.11. The van der Waals surface area contributed by atoms with Gasteiger partial charge >= 0.3 is 5.37 Å². The topological polar surface area (TPSA) is 105 Å². The zero-order valence-electron chi connectivity index (χ0n) is 13.9. The van der Waals surface area contributed by atoms with E-state index < -0.39 is 17.5 Å². The lowest BCUT2D eigenvalue weighted by atomic mass is 10.0. The van der Waals surface area contributed by atoms with Crippen LogP contribution >= 0.6 is 11.6 Å². The molecule has 1 aliphatic heterocycles. The van der Waals surface area contributed by atoms with E-state index in [-0.39, 0.29) is 11.8 Å². The first-order chi connectivity index (χ1) is 12.0. The number of halogens is 1. The van der Waals surface area contributed by atoms with E-state index in [1.165, 1.54) is 4.90 Å². The van der Waals surface area contributed by atoms with Gasteiger partial charge < -0.3 is 21.3 Å². The molecular formula is C17H23ClN4O3. The van der Waals surface area contributed by atoms with Gasteiger partial charge in [0.1, 0.15) is 12.1 Å². The van der Waals surface area contributed by atoms with Crippen molar-refractivity contribution >= 4 is 28.8 Å². The minimum absolute atomic E-state index is 0.216. The predicted octanol–water partition coefficient (Wildman–Crippen LogP) is 0.612. The van der Waals surface area contributed by atoms with E-state index in [0.29, 0.717) is 32.5 Å². The van der Waals surface area contributed by atoms with Gasteiger partial charge in [-0.1, -0.05) is 30.3 Å². The minimum Gasteiger partial charge on any atom is -0.353 e. The quantitative estimate of drug-likeness (QED) is 0.485. The summed E-state index contributed by atoms with van der Waals surface area (Å²) in [7, 11) is 0.